The zero-order chi connectivity index (χ0) is 19.0. The minimum absolute atomic E-state index is 0.0219. The smallest absolute Gasteiger partial charge is 0.311 e. The van der Waals surface area contributed by atoms with E-state index in [4.69, 9.17) is 9.47 Å². The summed E-state index contributed by atoms with van der Waals surface area (Å²) >= 11 is 0. The van der Waals surface area contributed by atoms with E-state index in [1.807, 2.05) is 4.90 Å². The fraction of sp³-hybridized carbons (Fsp3) is 0.905. The first kappa shape index (κ1) is 17.9. The number of hydrogen-bond acceptors (Lipinski definition) is 5. The van der Waals surface area contributed by atoms with Crippen LogP contribution in [0.5, 0.6) is 0 Å². The van der Waals surface area contributed by atoms with Gasteiger partial charge in [-0.3, -0.25) is 14.5 Å². The summed E-state index contributed by atoms with van der Waals surface area (Å²) in [5.41, 5.74) is 0.130. The quantitative estimate of drug-likeness (QED) is 0.542. The Bertz CT molecular complexity index is 661. The largest absolute Gasteiger partial charge is 0.462 e. The molecule has 6 nitrogen and oxygen atoms in total. The Balaban J connectivity index is 1.32. The van der Waals surface area contributed by atoms with Crippen molar-refractivity contribution in [3.05, 3.63) is 0 Å². The molecule has 5 aliphatic rings. The highest BCUT2D eigenvalue weighted by atomic mass is 16.6. The maximum atomic E-state index is 12.8. The molecule has 7 atom stereocenters. The maximum absolute atomic E-state index is 12.8. The molecule has 1 amide bonds. The number of piperazine rings is 1. The molecule has 1 spiro atoms. The molecule has 3 saturated heterocycles. The lowest BCUT2D eigenvalue weighted by molar-refractivity contribution is -0.147. The molecule has 0 N–H and O–H groups in total. The Hall–Kier alpha value is -1.14. The van der Waals surface area contributed by atoms with E-state index in [9.17, 15) is 9.59 Å². The van der Waals surface area contributed by atoms with Crippen molar-refractivity contribution < 1.29 is 19.1 Å². The fourth-order valence-electron chi connectivity index (χ4n) is 6.97. The van der Waals surface area contributed by atoms with Crippen molar-refractivity contribution in [1.29, 1.82) is 0 Å². The summed E-state index contributed by atoms with van der Waals surface area (Å²) in [6, 6.07) is 0. The molecule has 5 rings (SSSR count). The fourth-order valence-corrected chi connectivity index (χ4v) is 6.97. The van der Waals surface area contributed by atoms with Gasteiger partial charge in [0.05, 0.1) is 12.0 Å². The molecule has 0 radical (unpaired) electrons. The monoisotopic (exact) mass is 376 g/mol. The first-order valence-electron chi connectivity index (χ1n) is 10.7. The van der Waals surface area contributed by atoms with E-state index in [1.165, 1.54) is 19.3 Å². The lowest BCUT2D eigenvalue weighted by atomic mass is 9.53. The summed E-state index contributed by atoms with van der Waals surface area (Å²) in [4.78, 5) is 28.5. The Morgan fingerprint density at radius 1 is 1.26 bits per heavy atom. The van der Waals surface area contributed by atoms with Gasteiger partial charge in [-0.15, -0.1) is 0 Å². The standard InChI is InChI=1S/C21H32N2O4/c1-13-5-4-6-20(3)11-16-17(18-21(13,20)27-18)15(19(25)26-16)12-22-7-9-23(10-8-22)14(2)24/h13,15-18H,4-12H2,1-3H3/t13-,15-,16+,17+,18-,20+,21-/m0/s1. The number of epoxide rings is 1. The van der Waals surface area contributed by atoms with Crippen molar-refractivity contribution >= 4 is 11.9 Å². The highest BCUT2D eigenvalue weighted by Crippen LogP contribution is 2.70. The minimum atomic E-state index is -0.0815. The van der Waals surface area contributed by atoms with Crippen molar-refractivity contribution in [3.8, 4) is 0 Å². The molecule has 2 aliphatic carbocycles. The predicted octanol–water partition coefficient (Wildman–Crippen LogP) is 1.68. The van der Waals surface area contributed by atoms with Gasteiger partial charge in [0.15, 0.2) is 0 Å². The van der Waals surface area contributed by atoms with E-state index >= 15 is 0 Å². The van der Waals surface area contributed by atoms with Gasteiger partial charge in [0, 0.05) is 51.0 Å². The van der Waals surface area contributed by atoms with Crippen LogP contribution < -0.4 is 0 Å². The molecule has 150 valence electrons. The zero-order valence-electron chi connectivity index (χ0n) is 16.8. The summed E-state index contributed by atoms with van der Waals surface area (Å²) in [6.45, 7) is 10.3. The Kier molecular flexibility index (Phi) is 3.94. The molecule has 0 aromatic heterocycles. The van der Waals surface area contributed by atoms with Crippen LogP contribution in [-0.2, 0) is 19.1 Å². The lowest BCUT2D eigenvalue weighted by Crippen LogP contribution is -2.55. The number of rotatable bonds is 2. The number of nitrogens with zero attached hydrogens (tertiary/aromatic N) is 2. The minimum Gasteiger partial charge on any atom is -0.462 e. The molecular weight excluding hydrogens is 344 g/mol. The van der Waals surface area contributed by atoms with Crippen molar-refractivity contribution in [3.63, 3.8) is 0 Å². The van der Waals surface area contributed by atoms with E-state index in [2.05, 4.69) is 18.7 Å². The van der Waals surface area contributed by atoms with Gasteiger partial charge in [0.25, 0.3) is 0 Å². The van der Waals surface area contributed by atoms with Gasteiger partial charge in [-0.25, -0.2) is 0 Å². The van der Waals surface area contributed by atoms with Crippen molar-refractivity contribution in [1.82, 2.24) is 9.80 Å². The van der Waals surface area contributed by atoms with Crippen molar-refractivity contribution in [2.75, 3.05) is 32.7 Å². The van der Waals surface area contributed by atoms with Gasteiger partial charge in [0.2, 0.25) is 5.91 Å². The number of carbonyl (C=O) groups excluding carboxylic acids is 2. The third kappa shape index (κ3) is 2.45. The average molecular weight is 376 g/mol. The topological polar surface area (TPSA) is 62.4 Å². The van der Waals surface area contributed by atoms with E-state index in [1.54, 1.807) is 6.92 Å². The van der Waals surface area contributed by atoms with Crippen LogP contribution in [-0.4, -0.2) is 72.2 Å². The molecule has 6 heteroatoms. The van der Waals surface area contributed by atoms with Gasteiger partial charge in [-0.1, -0.05) is 20.3 Å². The Labute approximate surface area is 161 Å². The number of fused-ring (bicyclic) bond motifs is 2. The van der Waals surface area contributed by atoms with Crippen molar-refractivity contribution in [2.24, 2.45) is 23.2 Å². The van der Waals surface area contributed by atoms with Crippen LogP contribution in [0.1, 0.15) is 46.5 Å². The summed E-state index contributed by atoms with van der Waals surface area (Å²) in [6.07, 6.45) is 4.84. The average Bonchev–Trinajstić information content (AvgIpc) is 3.31. The lowest BCUT2D eigenvalue weighted by Gasteiger charge is -2.49. The van der Waals surface area contributed by atoms with Gasteiger partial charge in [-0.05, 0) is 25.2 Å². The third-order valence-corrected chi connectivity index (χ3v) is 8.47. The first-order chi connectivity index (χ1) is 12.9. The molecular formula is C21H32N2O4. The van der Waals surface area contributed by atoms with Crippen LogP contribution >= 0.6 is 0 Å². The number of amides is 1. The van der Waals surface area contributed by atoms with Crippen LogP contribution in [0.4, 0.5) is 0 Å². The molecule has 0 unspecified atom stereocenters. The summed E-state index contributed by atoms with van der Waals surface area (Å²) in [5.74, 6) is 0.803. The Morgan fingerprint density at radius 3 is 2.70 bits per heavy atom. The molecule has 2 saturated carbocycles. The number of hydrogen-bond donors (Lipinski definition) is 0. The van der Waals surface area contributed by atoms with Crippen molar-refractivity contribution in [2.45, 2.75) is 64.3 Å². The molecule has 3 aliphatic heterocycles. The van der Waals surface area contributed by atoms with E-state index in [-0.39, 0.29) is 46.9 Å². The highest BCUT2D eigenvalue weighted by Gasteiger charge is 2.78. The van der Waals surface area contributed by atoms with Crippen LogP contribution in [0.15, 0.2) is 0 Å². The molecule has 0 aromatic carbocycles. The Morgan fingerprint density at radius 2 is 2.00 bits per heavy atom. The van der Waals surface area contributed by atoms with Crippen LogP contribution in [0.25, 0.3) is 0 Å². The van der Waals surface area contributed by atoms with Crippen LogP contribution in [0, 0.1) is 23.2 Å². The predicted molar refractivity (Wildman–Crippen MR) is 98.9 cm³/mol. The second kappa shape index (κ2) is 5.93. The molecule has 5 fully saturated rings. The highest BCUT2D eigenvalue weighted by molar-refractivity contribution is 5.76. The SMILES string of the molecule is CC(=O)N1CCN(C[C@@H]2C(=O)O[C@@H]3C[C@@]4(C)CCC[C@H](C)[C@@]45O[C@H]5[C@H]23)CC1. The van der Waals surface area contributed by atoms with E-state index < -0.39 is 0 Å². The van der Waals surface area contributed by atoms with Gasteiger partial charge >= 0.3 is 5.97 Å². The van der Waals surface area contributed by atoms with E-state index in [0.717, 1.165) is 39.1 Å². The molecule has 27 heavy (non-hydrogen) atoms. The van der Waals surface area contributed by atoms with Crippen LogP contribution in [0.2, 0.25) is 0 Å². The molecule has 0 bridgehead atoms. The third-order valence-electron chi connectivity index (χ3n) is 8.47. The molecule has 0 aromatic rings. The van der Waals surface area contributed by atoms with Crippen LogP contribution in [0.3, 0.4) is 0 Å². The molecule has 3 heterocycles. The van der Waals surface area contributed by atoms with Gasteiger partial charge in [-0.2, -0.15) is 0 Å². The van der Waals surface area contributed by atoms with Gasteiger partial charge < -0.3 is 14.4 Å². The van der Waals surface area contributed by atoms with Gasteiger partial charge in [0.1, 0.15) is 11.7 Å². The second-order valence-electron chi connectivity index (χ2n) is 9.86. The summed E-state index contributed by atoms with van der Waals surface area (Å²) in [5, 5.41) is 0. The number of carbonyl (C=O) groups is 2. The zero-order valence-corrected chi connectivity index (χ0v) is 16.8. The van der Waals surface area contributed by atoms with E-state index in [0.29, 0.717) is 5.92 Å². The number of esters is 1. The second-order valence-corrected chi connectivity index (χ2v) is 9.86. The summed E-state index contributed by atoms with van der Waals surface area (Å²) < 4.78 is 12.4. The normalized spacial score (nSPS) is 49.1. The number of ether oxygens (including phenoxy) is 2. The first-order valence-corrected chi connectivity index (χ1v) is 10.7. The summed E-state index contributed by atoms with van der Waals surface area (Å²) in [7, 11) is 0. The maximum Gasteiger partial charge on any atom is 0.311 e.